The SMILES string of the molecule is CC[C@@H]1C[C@]1(CNC(=O)[C@@H]1C[C@@H](OC(=O)N2Cc3cccc(F)c3C2)CN1C(=O)[C@@H](Nc1cccc(C(F)(F)F)c1)C(C)C)C(=O)NS(=O)(=O)C1CC1. The fourth-order valence-electron chi connectivity index (χ4n) is 7.31. The van der Waals surface area contributed by atoms with Crippen molar-refractivity contribution in [2.75, 3.05) is 18.4 Å². The van der Waals surface area contributed by atoms with Crippen LogP contribution in [0.4, 0.5) is 28.0 Å². The molecule has 2 aliphatic heterocycles. The molecule has 288 valence electrons. The van der Waals surface area contributed by atoms with E-state index in [9.17, 15) is 45.2 Å². The summed E-state index contributed by atoms with van der Waals surface area (Å²) in [6.07, 6.45) is -4.70. The second-order valence-electron chi connectivity index (χ2n) is 14.8. The molecule has 0 aromatic heterocycles. The van der Waals surface area contributed by atoms with Gasteiger partial charge >= 0.3 is 12.3 Å². The first-order valence-electron chi connectivity index (χ1n) is 17.7. The molecule has 5 atom stereocenters. The molecule has 2 aromatic rings. The van der Waals surface area contributed by atoms with Gasteiger partial charge in [-0.1, -0.05) is 45.4 Å². The van der Waals surface area contributed by atoms with E-state index in [1.807, 2.05) is 6.92 Å². The van der Waals surface area contributed by atoms with Crippen LogP contribution >= 0.6 is 0 Å². The molecule has 12 nitrogen and oxygen atoms in total. The number of fused-ring (bicyclic) bond motifs is 1. The summed E-state index contributed by atoms with van der Waals surface area (Å²) in [5, 5.41) is 5.02. The topological polar surface area (TPSA) is 154 Å². The van der Waals surface area contributed by atoms with Gasteiger partial charge in [0, 0.05) is 30.8 Å². The number of likely N-dealkylation sites (tertiary alicyclic amines) is 1. The molecule has 3 N–H and O–H groups in total. The molecule has 0 bridgehead atoms. The van der Waals surface area contributed by atoms with Crippen molar-refractivity contribution in [2.24, 2.45) is 17.3 Å². The van der Waals surface area contributed by atoms with Crippen molar-refractivity contribution < 1.29 is 49.9 Å². The molecule has 6 rings (SSSR count). The minimum Gasteiger partial charge on any atom is -0.444 e. The maximum atomic E-state index is 14.4. The van der Waals surface area contributed by atoms with E-state index in [4.69, 9.17) is 4.74 Å². The van der Waals surface area contributed by atoms with Crippen LogP contribution < -0.4 is 15.4 Å². The Balaban J connectivity index is 1.20. The van der Waals surface area contributed by atoms with E-state index in [1.165, 1.54) is 34.1 Å². The number of ether oxygens (including phenoxy) is 1. The van der Waals surface area contributed by atoms with Crippen molar-refractivity contribution in [3.05, 3.63) is 65.0 Å². The molecule has 17 heteroatoms. The molecule has 3 fully saturated rings. The van der Waals surface area contributed by atoms with Crippen molar-refractivity contribution in [1.29, 1.82) is 0 Å². The lowest BCUT2D eigenvalue weighted by Crippen LogP contribution is -2.53. The number of benzene rings is 2. The highest BCUT2D eigenvalue weighted by Gasteiger charge is 2.60. The van der Waals surface area contributed by atoms with Gasteiger partial charge in [-0.2, -0.15) is 13.2 Å². The van der Waals surface area contributed by atoms with Crippen molar-refractivity contribution >= 4 is 39.5 Å². The molecule has 2 saturated carbocycles. The van der Waals surface area contributed by atoms with E-state index in [-0.39, 0.29) is 44.2 Å². The molecule has 2 aliphatic carbocycles. The quantitative estimate of drug-likeness (QED) is 0.266. The van der Waals surface area contributed by atoms with Crippen molar-refractivity contribution in [3.8, 4) is 0 Å². The highest BCUT2D eigenvalue weighted by atomic mass is 32.2. The van der Waals surface area contributed by atoms with Crippen LogP contribution in [-0.2, 0) is 48.4 Å². The number of rotatable bonds is 12. The Morgan fingerprint density at radius 2 is 1.77 bits per heavy atom. The minimum atomic E-state index is -4.62. The third kappa shape index (κ3) is 8.09. The van der Waals surface area contributed by atoms with Crippen molar-refractivity contribution in [1.82, 2.24) is 19.8 Å². The van der Waals surface area contributed by atoms with Gasteiger partial charge in [-0.3, -0.25) is 24.0 Å². The van der Waals surface area contributed by atoms with E-state index in [1.54, 1.807) is 19.9 Å². The van der Waals surface area contributed by atoms with Crippen LogP contribution in [0.5, 0.6) is 0 Å². The molecule has 1 saturated heterocycles. The fourth-order valence-corrected chi connectivity index (χ4v) is 8.69. The normalized spacial score (nSPS) is 24.4. The molecule has 0 unspecified atom stereocenters. The number of hydrogen-bond acceptors (Lipinski definition) is 8. The number of carbonyl (C=O) groups is 4. The summed E-state index contributed by atoms with van der Waals surface area (Å²) in [6, 6.07) is 6.59. The Bertz CT molecular complexity index is 1890. The molecular weight excluding hydrogens is 722 g/mol. The maximum absolute atomic E-state index is 14.4. The predicted octanol–water partition coefficient (Wildman–Crippen LogP) is 4.54. The smallest absolute Gasteiger partial charge is 0.416 e. The monoisotopic (exact) mass is 765 g/mol. The van der Waals surface area contributed by atoms with Gasteiger partial charge in [0.05, 0.1) is 29.3 Å². The Kier molecular flexibility index (Phi) is 10.4. The largest absolute Gasteiger partial charge is 0.444 e. The number of anilines is 1. The third-order valence-electron chi connectivity index (χ3n) is 10.7. The molecule has 4 aliphatic rings. The molecule has 2 aromatic carbocycles. The number of hydrogen-bond donors (Lipinski definition) is 3. The van der Waals surface area contributed by atoms with Gasteiger partial charge in [0.25, 0.3) is 0 Å². The van der Waals surface area contributed by atoms with Crippen LogP contribution in [0, 0.1) is 23.1 Å². The highest BCUT2D eigenvalue weighted by Crippen LogP contribution is 2.54. The van der Waals surface area contributed by atoms with Gasteiger partial charge in [0.1, 0.15) is 24.0 Å². The summed E-state index contributed by atoms with van der Waals surface area (Å²) in [7, 11) is -3.84. The van der Waals surface area contributed by atoms with Crippen LogP contribution in [-0.4, -0.2) is 78.6 Å². The number of alkyl halides is 3. The van der Waals surface area contributed by atoms with Crippen LogP contribution in [0.1, 0.15) is 69.6 Å². The lowest BCUT2D eigenvalue weighted by atomic mass is 10.0. The molecule has 0 spiro atoms. The summed E-state index contributed by atoms with van der Waals surface area (Å²) >= 11 is 0. The average molecular weight is 766 g/mol. The molecular formula is C36H43F4N5O7S. The van der Waals surface area contributed by atoms with Crippen LogP contribution in [0.15, 0.2) is 42.5 Å². The van der Waals surface area contributed by atoms with E-state index in [2.05, 4.69) is 15.4 Å². The van der Waals surface area contributed by atoms with E-state index >= 15 is 0 Å². The number of nitrogens with one attached hydrogen (secondary N) is 3. The van der Waals surface area contributed by atoms with Crippen LogP contribution in [0.25, 0.3) is 0 Å². The zero-order valence-electron chi connectivity index (χ0n) is 29.5. The Morgan fingerprint density at radius 1 is 1.06 bits per heavy atom. The lowest BCUT2D eigenvalue weighted by molar-refractivity contribution is -0.140. The second kappa shape index (κ2) is 14.4. The number of nitrogens with zero attached hydrogens (tertiary/aromatic N) is 2. The number of halogens is 4. The zero-order chi connectivity index (χ0) is 38.5. The number of sulfonamides is 1. The number of carbonyl (C=O) groups excluding carboxylic acids is 4. The summed E-state index contributed by atoms with van der Waals surface area (Å²) < 4.78 is 87.9. The summed E-state index contributed by atoms with van der Waals surface area (Å²) in [5.74, 6) is -3.13. The first-order valence-corrected chi connectivity index (χ1v) is 19.3. The van der Waals surface area contributed by atoms with Gasteiger partial charge < -0.3 is 20.3 Å². The first kappa shape index (κ1) is 38.3. The van der Waals surface area contributed by atoms with Gasteiger partial charge in [-0.25, -0.2) is 17.6 Å². The van der Waals surface area contributed by atoms with E-state index < -0.39 is 86.2 Å². The minimum absolute atomic E-state index is 0.0318. The summed E-state index contributed by atoms with van der Waals surface area (Å²) in [5.41, 5.74) is -1.07. The maximum Gasteiger partial charge on any atom is 0.416 e. The van der Waals surface area contributed by atoms with Gasteiger partial charge in [0.2, 0.25) is 27.7 Å². The first-order chi connectivity index (χ1) is 24.9. The average Bonchev–Trinajstić information content (AvgIpc) is 4.00. The van der Waals surface area contributed by atoms with Crippen LogP contribution in [0.3, 0.4) is 0 Å². The predicted molar refractivity (Wildman–Crippen MR) is 184 cm³/mol. The number of amides is 4. The Hall–Kier alpha value is -4.41. The van der Waals surface area contributed by atoms with Crippen molar-refractivity contribution in [3.63, 3.8) is 0 Å². The van der Waals surface area contributed by atoms with Gasteiger partial charge in [0.15, 0.2) is 0 Å². The standard InChI is InChI=1S/C36H43F4N5O7S/c1-4-22-15-35(22,33(48)43-53(50,51)26-11-12-26)19-41-31(46)29-14-25(52-34(49)44-16-21-7-5-10-28(37)27(21)18-44)17-45(29)32(47)30(20(2)3)42-24-9-6-8-23(13-24)36(38,39)40/h5-10,13,20,22,25-26,29-30,42H,4,11-12,14-19H2,1-3H3,(H,41,46)(H,43,48)/t22-,25-,29+,30+,35-/m1/s1. The van der Waals surface area contributed by atoms with Gasteiger partial charge in [-0.15, -0.1) is 0 Å². The van der Waals surface area contributed by atoms with Crippen LogP contribution in [0.2, 0.25) is 0 Å². The Morgan fingerprint density at radius 3 is 2.40 bits per heavy atom. The summed E-state index contributed by atoms with van der Waals surface area (Å²) in [4.78, 5) is 57.3. The molecule has 0 radical (unpaired) electrons. The molecule has 2 heterocycles. The van der Waals surface area contributed by atoms with Crippen molar-refractivity contribution in [2.45, 2.75) is 95.6 Å². The molecule has 53 heavy (non-hydrogen) atoms. The third-order valence-corrected chi connectivity index (χ3v) is 12.5. The zero-order valence-corrected chi connectivity index (χ0v) is 30.4. The highest BCUT2D eigenvalue weighted by molar-refractivity contribution is 7.90. The molecule has 4 amide bonds. The van der Waals surface area contributed by atoms with E-state index in [0.717, 1.165) is 12.1 Å². The second-order valence-corrected chi connectivity index (χ2v) is 16.7. The van der Waals surface area contributed by atoms with Gasteiger partial charge in [-0.05, 0) is 60.9 Å². The fraction of sp³-hybridized carbons (Fsp3) is 0.556. The Labute approximate surface area is 305 Å². The lowest BCUT2D eigenvalue weighted by Gasteiger charge is -2.31. The summed E-state index contributed by atoms with van der Waals surface area (Å²) in [6.45, 7) is 4.86. The van der Waals surface area contributed by atoms with E-state index in [0.29, 0.717) is 36.8 Å².